The number of benzene rings is 3. The van der Waals surface area contributed by atoms with E-state index in [1.54, 1.807) is 21.3 Å². The van der Waals surface area contributed by atoms with Crippen molar-refractivity contribution in [1.82, 2.24) is 0 Å². The van der Waals surface area contributed by atoms with E-state index in [-0.39, 0.29) is 0 Å². The Bertz CT molecular complexity index is 1190. The first kappa shape index (κ1) is 21.4. The van der Waals surface area contributed by atoms with Crippen LogP contribution in [0.4, 0.5) is 5.69 Å². The first-order valence-corrected chi connectivity index (χ1v) is 11.4. The van der Waals surface area contributed by atoms with E-state index in [9.17, 15) is 4.79 Å². The molecule has 0 aromatic heterocycles. The Hall–Kier alpha value is -3.47. The van der Waals surface area contributed by atoms with Crippen molar-refractivity contribution in [2.45, 2.75) is 38.3 Å². The van der Waals surface area contributed by atoms with E-state index in [4.69, 9.17) is 14.2 Å². The minimum absolute atomic E-state index is 0.414. The van der Waals surface area contributed by atoms with Gasteiger partial charge in [0.25, 0.3) is 0 Å². The third-order valence-corrected chi connectivity index (χ3v) is 6.93. The molecular weight excluding hydrogens is 414 g/mol. The van der Waals surface area contributed by atoms with Crippen molar-refractivity contribution in [1.29, 1.82) is 0 Å². The molecule has 0 saturated carbocycles. The van der Waals surface area contributed by atoms with Gasteiger partial charge in [0, 0.05) is 17.8 Å². The number of nitrogens with zero attached hydrogens (tertiary/aromatic N) is 1. The minimum atomic E-state index is -0.414. The highest BCUT2D eigenvalue weighted by Gasteiger charge is 2.35. The van der Waals surface area contributed by atoms with Gasteiger partial charge >= 0.3 is 0 Å². The first-order chi connectivity index (χ1) is 16.2. The number of aldehydes is 1. The van der Waals surface area contributed by atoms with E-state index >= 15 is 0 Å². The Morgan fingerprint density at radius 1 is 0.879 bits per heavy atom. The Morgan fingerprint density at radius 3 is 2.30 bits per heavy atom. The predicted octanol–water partition coefficient (Wildman–Crippen LogP) is 5.52. The summed E-state index contributed by atoms with van der Waals surface area (Å²) in [6.45, 7) is 0.630. The second-order valence-electron chi connectivity index (χ2n) is 8.66. The number of fused-ring (bicyclic) bond motifs is 5. The van der Waals surface area contributed by atoms with Crippen LogP contribution in [0, 0.1) is 0 Å². The summed E-state index contributed by atoms with van der Waals surface area (Å²) in [4.78, 5) is 14.9. The van der Waals surface area contributed by atoms with Gasteiger partial charge in [0.15, 0.2) is 11.5 Å². The second-order valence-corrected chi connectivity index (χ2v) is 8.66. The summed E-state index contributed by atoms with van der Waals surface area (Å²) in [5.41, 5.74) is 8.22. The summed E-state index contributed by atoms with van der Waals surface area (Å²) in [5.74, 6) is 2.13. The van der Waals surface area contributed by atoms with Crippen LogP contribution in [0.25, 0.3) is 11.1 Å². The third kappa shape index (κ3) is 3.62. The van der Waals surface area contributed by atoms with Crippen LogP contribution in [0.3, 0.4) is 0 Å². The molecule has 0 spiro atoms. The van der Waals surface area contributed by atoms with Crippen molar-refractivity contribution in [3.8, 4) is 28.4 Å². The number of carbonyl (C=O) groups excluding carboxylic acids is 1. The number of anilines is 1. The summed E-state index contributed by atoms with van der Waals surface area (Å²) in [6, 6.07) is 16.1. The van der Waals surface area contributed by atoms with Crippen LogP contribution in [-0.4, -0.2) is 27.6 Å². The van der Waals surface area contributed by atoms with Crippen molar-refractivity contribution in [2.24, 2.45) is 0 Å². The molecular formula is C28H29NO4. The fourth-order valence-electron chi connectivity index (χ4n) is 5.29. The predicted molar refractivity (Wildman–Crippen MR) is 130 cm³/mol. The molecule has 33 heavy (non-hydrogen) atoms. The van der Waals surface area contributed by atoms with Gasteiger partial charge in [0.2, 0.25) is 0 Å². The summed E-state index contributed by atoms with van der Waals surface area (Å²) >= 11 is 0. The van der Waals surface area contributed by atoms with Crippen molar-refractivity contribution in [2.75, 3.05) is 26.2 Å². The largest absolute Gasteiger partial charge is 0.497 e. The van der Waals surface area contributed by atoms with Crippen molar-refractivity contribution < 1.29 is 19.0 Å². The summed E-state index contributed by atoms with van der Waals surface area (Å²) < 4.78 is 16.5. The number of rotatable bonds is 6. The molecule has 0 bridgehead atoms. The van der Waals surface area contributed by atoms with Crippen LogP contribution >= 0.6 is 0 Å². The lowest BCUT2D eigenvalue weighted by molar-refractivity contribution is -0.109. The number of hydrogen-bond donors (Lipinski definition) is 0. The Kier molecular flexibility index (Phi) is 5.71. The fourth-order valence-corrected chi connectivity index (χ4v) is 5.29. The maximum absolute atomic E-state index is 12.6. The highest BCUT2D eigenvalue weighted by atomic mass is 16.5. The van der Waals surface area contributed by atoms with E-state index in [0.29, 0.717) is 18.0 Å². The van der Waals surface area contributed by atoms with Crippen LogP contribution in [0.1, 0.15) is 41.1 Å². The first-order valence-electron chi connectivity index (χ1n) is 11.4. The molecule has 2 aliphatic rings. The van der Waals surface area contributed by atoms with Gasteiger partial charge in [-0.05, 0) is 77.8 Å². The molecule has 0 saturated heterocycles. The monoisotopic (exact) mass is 443 g/mol. The average Bonchev–Trinajstić information content (AvgIpc) is 2.88. The number of methoxy groups -OCH3 is 3. The molecule has 3 aromatic rings. The molecule has 0 fully saturated rings. The van der Waals surface area contributed by atoms with Gasteiger partial charge in [0.05, 0.1) is 21.3 Å². The molecule has 0 amide bonds. The summed E-state index contributed by atoms with van der Waals surface area (Å²) in [6.07, 6.45) is 5.56. The van der Waals surface area contributed by atoms with Gasteiger partial charge in [-0.25, -0.2) is 0 Å². The third-order valence-electron chi connectivity index (χ3n) is 6.93. The van der Waals surface area contributed by atoms with Crippen LogP contribution in [-0.2, 0) is 24.2 Å². The number of aryl methyl sites for hydroxylation is 1. The van der Waals surface area contributed by atoms with Crippen molar-refractivity contribution in [3.05, 3.63) is 70.8 Å². The molecule has 1 unspecified atom stereocenters. The fraction of sp³-hybridized carbons (Fsp3) is 0.321. The number of ether oxygens (including phenoxy) is 3. The van der Waals surface area contributed by atoms with Gasteiger partial charge < -0.3 is 23.9 Å². The zero-order valence-electron chi connectivity index (χ0n) is 19.4. The molecule has 5 nitrogen and oxygen atoms in total. The van der Waals surface area contributed by atoms with Crippen molar-refractivity contribution in [3.63, 3.8) is 0 Å². The van der Waals surface area contributed by atoms with Gasteiger partial charge in [-0.2, -0.15) is 0 Å². The van der Waals surface area contributed by atoms with Crippen LogP contribution in [0.2, 0.25) is 0 Å². The molecule has 5 rings (SSSR count). The smallest absolute Gasteiger partial charge is 0.161 e. The van der Waals surface area contributed by atoms with Crippen LogP contribution in [0.5, 0.6) is 17.2 Å². The lowest BCUT2D eigenvalue weighted by Gasteiger charge is -2.40. The maximum Gasteiger partial charge on any atom is 0.161 e. The topological polar surface area (TPSA) is 48.0 Å². The minimum Gasteiger partial charge on any atom is -0.497 e. The Labute approximate surface area is 194 Å². The van der Waals surface area contributed by atoms with E-state index in [0.717, 1.165) is 47.1 Å². The lowest BCUT2D eigenvalue weighted by atomic mass is 9.81. The lowest BCUT2D eigenvalue weighted by Crippen LogP contribution is -2.34. The molecule has 3 aromatic carbocycles. The van der Waals surface area contributed by atoms with E-state index in [2.05, 4.69) is 29.2 Å². The van der Waals surface area contributed by atoms with Crippen molar-refractivity contribution >= 4 is 12.0 Å². The normalized spacial score (nSPS) is 16.3. The van der Waals surface area contributed by atoms with Crippen LogP contribution in [0.15, 0.2) is 48.5 Å². The molecule has 5 heteroatoms. The average molecular weight is 444 g/mol. The van der Waals surface area contributed by atoms with Gasteiger partial charge in [-0.3, -0.25) is 0 Å². The zero-order valence-corrected chi connectivity index (χ0v) is 19.4. The summed E-state index contributed by atoms with van der Waals surface area (Å²) in [5, 5.41) is 0. The molecule has 1 aliphatic heterocycles. The molecule has 1 heterocycles. The Balaban J connectivity index is 1.72. The molecule has 0 radical (unpaired) electrons. The number of carbonyl (C=O) groups is 1. The second kappa shape index (κ2) is 8.81. The van der Waals surface area contributed by atoms with Gasteiger partial charge in [0.1, 0.15) is 18.1 Å². The molecule has 170 valence electrons. The highest BCUT2D eigenvalue weighted by molar-refractivity contribution is 5.93. The highest BCUT2D eigenvalue weighted by Crippen LogP contribution is 2.51. The maximum atomic E-state index is 12.6. The van der Waals surface area contributed by atoms with E-state index in [1.807, 2.05) is 24.3 Å². The SMILES string of the molecule is COc1ccc(CN2c3c(ccc4c3CCCC4)-c3cc(OC)c(OC)cc3C2C=O)cc1. The molecule has 1 aliphatic carbocycles. The quantitative estimate of drug-likeness (QED) is 0.470. The van der Waals surface area contributed by atoms with E-state index < -0.39 is 6.04 Å². The number of hydrogen-bond acceptors (Lipinski definition) is 5. The Morgan fingerprint density at radius 2 is 1.61 bits per heavy atom. The molecule has 1 atom stereocenters. The van der Waals surface area contributed by atoms with E-state index in [1.165, 1.54) is 29.7 Å². The van der Waals surface area contributed by atoms with Gasteiger partial charge in [-0.15, -0.1) is 0 Å². The standard InChI is InChI=1S/C28H29NO4/c1-31-20-11-8-18(9-12-20)16-29-25(17-30)24-15-27(33-3)26(32-2)14-23(24)22-13-10-19-6-4-5-7-21(19)28(22)29/h8-15,17,25H,4-7,16H2,1-3H3. The van der Waals surface area contributed by atoms with Crippen LogP contribution < -0.4 is 19.1 Å². The van der Waals surface area contributed by atoms with Gasteiger partial charge in [-0.1, -0.05) is 24.3 Å². The molecule has 0 N–H and O–H groups in total. The summed E-state index contributed by atoms with van der Waals surface area (Å²) in [7, 11) is 4.94. The zero-order chi connectivity index (χ0) is 22.9.